The van der Waals surface area contributed by atoms with Crippen LogP contribution in [0.2, 0.25) is 0 Å². The Morgan fingerprint density at radius 3 is 2.39 bits per heavy atom. The van der Waals surface area contributed by atoms with Gasteiger partial charge < -0.3 is 5.11 Å². The number of carbonyl (C=O) groups is 1. The van der Waals surface area contributed by atoms with E-state index in [2.05, 4.69) is 5.10 Å². The lowest BCUT2D eigenvalue weighted by Gasteiger charge is -2.10. The third kappa shape index (κ3) is 2.99. The van der Waals surface area contributed by atoms with Crippen molar-refractivity contribution in [3.8, 4) is 11.3 Å². The van der Waals surface area contributed by atoms with Gasteiger partial charge in [0.15, 0.2) is 0 Å². The third-order valence-electron chi connectivity index (χ3n) is 3.73. The van der Waals surface area contributed by atoms with Crippen LogP contribution < -0.4 is 5.56 Å². The molecule has 0 atom stereocenters. The molecule has 0 saturated carbocycles. The highest BCUT2D eigenvalue weighted by molar-refractivity contribution is 5.93. The number of rotatable bonds is 4. The van der Waals surface area contributed by atoms with E-state index in [0.29, 0.717) is 11.1 Å². The molecule has 1 aromatic heterocycles. The van der Waals surface area contributed by atoms with Gasteiger partial charge in [-0.15, -0.1) is 0 Å². The second-order valence-corrected chi connectivity index (χ2v) is 5.43. The highest BCUT2D eigenvalue weighted by Crippen LogP contribution is 2.24. The maximum atomic E-state index is 12.5. The molecule has 23 heavy (non-hydrogen) atoms. The topological polar surface area (TPSA) is 72.2 Å². The number of benzene rings is 2. The van der Waals surface area contributed by atoms with Gasteiger partial charge in [0.2, 0.25) is 0 Å². The first-order chi connectivity index (χ1) is 11.1. The second kappa shape index (κ2) is 6.04. The lowest BCUT2D eigenvalue weighted by atomic mass is 10.0. The van der Waals surface area contributed by atoms with E-state index >= 15 is 0 Å². The van der Waals surface area contributed by atoms with Crippen molar-refractivity contribution in [3.05, 3.63) is 64.4 Å². The van der Waals surface area contributed by atoms with Gasteiger partial charge in [-0.25, -0.2) is 4.68 Å². The molecule has 0 saturated heterocycles. The van der Waals surface area contributed by atoms with Crippen LogP contribution in [-0.2, 0) is 11.3 Å². The molecule has 1 N–H and O–H groups in total. The summed E-state index contributed by atoms with van der Waals surface area (Å²) in [5, 5.41) is 14.6. The largest absolute Gasteiger partial charge is 0.481 e. The predicted octanol–water partition coefficient (Wildman–Crippen LogP) is 2.85. The van der Waals surface area contributed by atoms with E-state index in [9.17, 15) is 9.59 Å². The van der Waals surface area contributed by atoms with Crippen LogP contribution in [0.25, 0.3) is 22.0 Å². The number of carboxylic acids is 1. The minimum Gasteiger partial charge on any atom is -0.481 e. The van der Waals surface area contributed by atoms with Crippen LogP contribution in [0.5, 0.6) is 0 Å². The van der Waals surface area contributed by atoms with Crippen LogP contribution in [0.4, 0.5) is 0 Å². The van der Waals surface area contributed by atoms with Gasteiger partial charge in [-0.05, 0) is 13.0 Å². The van der Waals surface area contributed by atoms with E-state index in [0.717, 1.165) is 16.5 Å². The molecule has 0 bridgehead atoms. The van der Waals surface area contributed by atoms with Crippen molar-refractivity contribution >= 4 is 16.7 Å². The van der Waals surface area contributed by atoms with Crippen LogP contribution >= 0.6 is 0 Å². The average molecular weight is 308 g/mol. The molecule has 3 aromatic rings. The van der Waals surface area contributed by atoms with Gasteiger partial charge in [0.25, 0.3) is 5.56 Å². The molecule has 0 spiro atoms. The van der Waals surface area contributed by atoms with Crippen molar-refractivity contribution in [1.82, 2.24) is 9.78 Å². The minimum atomic E-state index is -0.955. The van der Waals surface area contributed by atoms with E-state index in [4.69, 9.17) is 5.11 Å². The average Bonchev–Trinajstić information content (AvgIpc) is 2.55. The highest BCUT2D eigenvalue weighted by atomic mass is 16.4. The van der Waals surface area contributed by atoms with Crippen LogP contribution in [0.3, 0.4) is 0 Å². The Morgan fingerprint density at radius 1 is 1.09 bits per heavy atom. The molecule has 3 rings (SSSR count). The van der Waals surface area contributed by atoms with Gasteiger partial charge in [0.1, 0.15) is 0 Å². The fraction of sp³-hybridized carbons (Fsp3) is 0.167. The Kier molecular flexibility index (Phi) is 3.93. The normalized spacial score (nSPS) is 10.8. The zero-order valence-electron chi connectivity index (χ0n) is 12.7. The fourth-order valence-electron chi connectivity index (χ4n) is 2.51. The summed E-state index contributed by atoms with van der Waals surface area (Å²) >= 11 is 0. The SMILES string of the molecule is Cc1ccc(-c2nn(CCC(=O)O)c(=O)c3ccccc23)cc1. The summed E-state index contributed by atoms with van der Waals surface area (Å²) in [6.07, 6.45) is -0.140. The molecule has 0 aliphatic rings. The van der Waals surface area contributed by atoms with Crippen molar-refractivity contribution in [3.63, 3.8) is 0 Å². The number of aliphatic carboxylic acids is 1. The Hall–Kier alpha value is -2.95. The molecule has 1 heterocycles. The molecule has 116 valence electrons. The molecule has 5 nitrogen and oxygen atoms in total. The molecule has 2 aromatic carbocycles. The lowest BCUT2D eigenvalue weighted by molar-refractivity contribution is -0.137. The molecule has 0 fully saturated rings. The van der Waals surface area contributed by atoms with E-state index in [-0.39, 0.29) is 18.5 Å². The molecule has 0 radical (unpaired) electrons. The summed E-state index contributed by atoms with van der Waals surface area (Å²) < 4.78 is 1.24. The number of fused-ring (bicyclic) bond motifs is 1. The fourth-order valence-corrected chi connectivity index (χ4v) is 2.51. The van der Waals surface area contributed by atoms with Gasteiger partial charge in [0, 0.05) is 10.9 Å². The van der Waals surface area contributed by atoms with Gasteiger partial charge in [-0.1, -0.05) is 48.0 Å². The molecular weight excluding hydrogens is 292 g/mol. The number of carboxylic acid groups (broad SMARTS) is 1. The Labute approximate surface area is 132 Å². The monoisotopic (exact) mass is 308 g/mol. The molecule has 0 amide bonds. The van der Waals surface area contributed by atoms with Crippen molar-refractivity contribution in [1.29, 1.82) is 0 Å². The Morgan fingerprint density at radius 2 is 1.74 bits per heavy atom. The first-order valence-corrected chi connectivity index (χ1v) is 7.35. The van der Waals surface area contributed by atoms with Gasteiger partial charge in [-0.3, -0.25) is 9.59 Å². The van der Waals surface area contributed by atoms with Crippen molar-refractivity contribution in [2.45, 2.75) is 19.9 Å². The maximum Gasteiger partial charge on any atom is 0.305 e. The summed E-state index contributed by atoms with van der Waals surface area (Å²) in [6, 6.07) is 15.1. The number of hydrogen-bond acceptors (Lipinski definition) is 3. The van der Waals surface area contributed by atoms with Gasteiger partial charge >= 0.3 is 5.97 Å². The van der Waals surface area contributed by atoms with Gasteiger partial charge in [0.05, 0.1) is 24.0 Å². The summed E-state index contributed by atoms with van der Waals surface area (Å²) in [4.78, 5) is 23.3. The van der Waals surface area contributed by atoms with Crippen LogP contribution in [0.1, 0.15) is 12.0 Å². The quantitative estimate of drug-likeness (QED) is 0.804. The van der Waals surface area contributed by atoms with Gasteiger partial charge in [-0.2, -0.15) is 5.10 Å². The zero-order valence-corrected chi connectivity index (χ0v) is 12.7. The van der Waals surface area contributed by atoms with E-state index < -0.39 is 5.97 Å². The summed E-state index contributed by atoms with van der Waals surface area (Å²) in [7, 11) is 0. The second-order valence-electron chi connectivity index (χ2n) is 5.43. The number of aromatic nitrogens is 2. The first kappa shape index (κ1) is 15.0. The highest BCUT2D eigenvalue weighted by Gasteiger charge is 2.12. The number of aryl methyl sites for hydroxylation is 2. The summed E-state index contributed by atoms with van der Waals surface area (Å²) in [6.45, 7) is 2.06. The van der Waals surface area contributed by atoms with E-state index in [1.54, 1.807) is 12.1 Å². The van der Waals surface area contributed by atoms with E-state index in [1.807, 2.05) is 43.3 Å². The lowest BCUT2D eigenvalue weighted by Crippen LogP contribution is -2.25. The standard InChI is InChI=1S/C18H16N2O3/c1-12-6-8-13(9-7-12)17-14-4-2-3-5-15(14)18(23)20(19-17)11-10-16(21)22/h2-9H,10-11H2,1H3,(H,21,22). The van der Waals surface area contributed by atoms with Crippen LogP contribution in [0.15, 0.2) is 53.3 Å². The summed E-state index contributed by atoms with van der Waals surface area (Å²) in [5.74, 6) is -0.955. The van der Waals surface area contributed by atoms with Crippen LogP contribution in [0, 0.1) is 6.92 Å². The Balaban J connectivity index is 2.23. The zero-order chi connectivity index (χ0) is 16.4. The predicted molar refractivity (Wildman–Crippen MR) is 88.4 cm³/mol. The van der Waals surface area contributed by atoms with Crippen molar-refractivity contribution < 1.29 is 9.90 Å². The van der Waals surface area contributed by atoms with E-state index in [1.165, 1.54) is 4.68 Å². The molecule has 0 unspecified atom stereocenters. The molecule has 0 aliphatic heterocycles. The van der Waals surface area contributed by atoms with Crippen molar-refractivity contribution in [2.24, 2.45) is 0 Å². The Bertz CT molecular complexity index is 927. The molecular formula is C18H16N2O3. The smallest absolute Gasteiger partial charge is 0.305 e. The van der Waals surface area contributed by atoms with Crippen LogP contribution in [-0.4, -0.2) is 20.9 Å². The summed E-state index contributed by atoms with van der Waals surface area (Å²) in [5.41, 5.74) is 2.46. The first-order valence-electron chi connectivity index (χ1n) is 7.35. The maximum absolute atomic E-state index is 12.5. The third-order valence-corrected chi connectivity index (χ3v) is 3.73. The minimum absolute atomic E-state index is 0.0534. The van der Waals surface area contributed by atoms with Crippen molar-refractivity contribution in [2.75, 3.05) is 0 Å². The number of nitrogens with zero attached hydrogens (tertiary/aromatic N) is 2. The molecule has 0 aliphatic carbocycles. The molecule has 5 heteroatoms. The number of hydrogen-bond donors (Lipinski definition) is 1.